The lowest BCUT2D eigenvalue weighted by Crippen LogP contribution is -2.10. The van der Waals surface area contributed by atoms with Crippen LogP contribution < -0.4 is 10.5 Å². The standard InChI is InChI=1S/C24H25FN2O4/c1-3-30-22(13-24(28)29)17-5-7-18(8-6-17)31-14-16-4-10-21(25)20(12-16)19-9-11-23(26)27-15(19)2/h4-12,22H,3,13-14H2,1-2H3,(H2,26,27)(H,28,29)/t22-/m0/s1. The van der Waals surface area contributed by atoms with E-state index in [2.05, 4.69) is 4.98 Å². The summed E-state index contributed by atoms with van der Waals surface area (Å²) in [6, 6.07) is 15.3. The predicted octanol–water partition coefficient (Wildman–Crippen LogP) is 4.91. The van der Waals surface area contributed by atoms with Crippen LogP contribution in [0, 0.1) is 12.7 Å². The molecular weight excluding hydrogens is 399 g/mol. The molecule has 1 aromatic heterocycles. The highest BCUT2D eigenvalue weighted by atomic mass is 19.1. The average Bonchev–Trinajstić information content (AvgIpc) is 2.73. The highest BCUT2D eigenvalue weighted by Gasteiger charge is 2.16. The minimum absolute atomic E-state index is 0.105. The van der Waals surface area contributed by atoms with Crippen LogP contribution >= 0.6 is 0 Å². The van der Waals surface area contributed by atoms with Gasteiger partial charge in [0.05, 0.1) is 12.5 Å². The van der Waals surface area contributed by atoms with Gasteiger partial charge in [-0.3, -0.25) is 4.79 Å². The Morgan fingerprint density at radius 3 is 2.52 bits per heavy atom. The molecule has 3 rings (SSSR count). The number of pyridine rings is 1. The number of rotatable bonds is 9. The number of nitrogens with zero attached hydrogens (tertiary/aromatic N) is 1. The molecular formula is C24H25FN2O4. The molecule has 0 aliphatic rings. The van der Waals surface area contributed by atoms with Gasteiger partial charge in [0.1, 0.15) is 24.0 Å². The molecule has 0 saturated carbocycles. The molecule has 7 heteroatoms. The van der Waals surface area contributed by atoms with E-state index in [1.165, 1.54) is 6.07 Å². The van der Waals surface area contributed by atoms with E-state index in [-0.39, 0.29) is 18.8 Å². The van der Waals surface area contributed by atoms with E-state index in [4.69, 9.17) is 20.3 Å². The maximum absolute atomic E-state index is 14.4. The van der Waals surface area contributed by atoms with Gasteiger partial charge in [-0.05, 0) is 61.4 Å². The molecule has 0 unspecified atom stereocenters. The predicted molar refractivity (Wildman–Crippen MR) is 116 cm³/mol. The second-order valence-corrected chi connectivity index (χ2v) is 7.08. The fraction of sp³-hybridized carbons (Fsp3) is 0.250. The van der Waals surface area contributed by atoms with Crippen LogP contribution in [0.25, 0.3) is 11.1 Å². The Kier molecular flexibility index (Phi) is 7.20. The van der Waals surface area contributed by atoms with Gasteiger partial charge in [-0.1, -0.05) is 18.2 Å². The Morgan fingerprint density at radius 2 is 1.87 bits per heavy atom. The van der Waals surface area contributed by atoms with Crippen molar-refractivity contribution in [1.29, 1.82) is 0 Å². The number of carbonyl (C=O) groups is 1. The Morgan fingerprint density at radius 1 is 1.13 bits per heavy atom. The number of nitrogen functional groups attached to an aromatic ring is 1. The largest absolute Gasteiger partial charge is 0.489 e. The number of ether oxygens (including phenoxy) is 2. The SMILES string of the molecule is CCO[C@@H](CC(=O)O)c1ccc(OCc2ccc(F)c(-c3ccc(N)nc3C)c2)cc1. The zero-order chi connectivity index (χ0) is 22.4. The maximum Gasteiger partial charge on any atom is 0.306 e. The number of anilines is 1. The lowest BCUT2D eigenvalue weighted by molar-refractivity contribution is -0.140. The van der Waals surface area contributed by atoms with Gasteiger partial charge in [0.15, 0.2) is 0 Å². The summed E-state index contributed by atoms with van der Waals surface area (Å²) in [6.45, 7) is 4.28. The van der Waals surface area contributed by atoms with E-state index in [9.17, 15) is 9.18 Å². The van der Waals surface area contributed by atoms with Crippen LogP contribution in [0.1, 0.15) is 36.3 Å². The zero-order valence-electron chi connectivity index (χ0n) is 17.5. The van der Waals surface area contributed by atoms with Crippen molar-refractivity contribution < 1.29 is 23.8 Å². The van der Waals surface area contributed by atoms with Gasteiger partial charge >= 0.3 is 5.97 Å². The topological polar surface area (TPSA) is 94.7 Å². The number of benzene rings is 2. The number of hydrogen-bond acceptors (Lipinski definition) is 5. The summed E-state index contributed by atoms with van der Waals surface area (Å²) in [7, 11) is 0. The molecule has 3 aromatic rings. The van der Waals surface area contributed by atoms with Gasteiger partial charge in [-0.2, -0.15) is 0 Å². The van der Waals surface area contributed by atoms with Crippen molar-refractivity contribution >= 4 is 11.8 Å². The third kappa shape index (κ3) is 5.79. The number of aromatic nitrogens is 1. The van der Waals surface area contributed by atoms with Crippen molar-refractivity contribution in [3.8, 4) is 16.9 Å². The first-order chi connectivity index (χ1) is 14.9. The summed E-state index contributed by atoms with van der Waals surface area (Å²) in [5.74, 6) is -0.259. The molecule has 0 fully saturated rings. The molecule has 0 amide bonds. The van der Waals surface area contributed by atoms with Crippen molar-refractivity contribution in [2.75, 3.05) is 12.3 Å². The Labute approximate surface area is 180 Å². The fourth-order valence-corrected chi connectivity index (χ4v) is 3.31. The molecule has 0 bridgehead atoms. The fourth-order valence-electron chi connectivity index (χ4n) is 3.31. The number of nitrogens with two attached hydrogens (primary N) is 1. The molecule has 0 saturated heterocycles. The molecule has 6 nitrogen and oxygen atoms in total. The van der Waals surface area contributed by atoms with Crippen LogP contribution in [-0.2, 0) is 16.1 Å². The van der Waals surface area contributed by atoms with E-state index in [0.29, 0.717) is 35.0 Å². The number of carboxylic acid groups (broad SMARTS) is 1. The van der Waals surface area contributed by atoms with Crippen molar-refractivity contribution in [2.24, 2.45) is 0 Å². The third-order valence-electron chi connectivity index (χ3n) is 4.81. The average molecular weight is 424 g/mol. The van der Waals surface area contributed by atoms with Crippen LogP contribution in [0.3, 0.4) is 0 Å². The maximum atomic E-state index is 14.4. The summed E-state index contributed by atoms with van der Waals surface area (Å²) < 4.78 is 25.8. The van der Waals surface area contributed by atoms with Crippen molar-refractivity contribution in [2.45, 2.75) is 33.0 Å². The number of hydrogen-bond donors (Lipinski definition) is 2. The molecule has 162 valence electrons. The monoisotopic (exact) mass is 424 g/mol. The zero-order valence-corrected chi connectivity index (χ0v) is 17.5. The van der Waals surface area contributed by atoms with Crippen molar-refractivity contribution in [1.82, 2.24) is 4.98 Å². The van der Waals surface area contributed by atoms with Gasteiger partial charge < -0.3 is 20.3 Å². The van der Waals surface area contributed by atoms with Crippen LogP contribution in [0.15, 0.2) is 54.6 Å². The van der Waals surface area contributed by atoms with E-state index < -0.39 is 12.1 Å². The van der Waals surface area contributed by atoms with Crippen LogP contribution in [0.2, 0.25) is 0 Å². The first-order valence-electron chi connectivity index (χ1n) is 9.95. The number of carboxylic acids is 1. The Bertz CT molecular complexity index is 1050. The molecule has 1 heterocycles. The van der Waals surface area contributed by atoms with Crippen LogP contribution in [0.4, 0.5) is 10.2 Å². The van der Waals surface area contributed by atoms with Crippen molar-refractivity contribution in [3.05, 3.63) is 77.2 Å². The summed E-state index contributed by atoms with van der Waals surface area (Å²) >= 11 is 0. The lowest BCUT2D eigenvalue weighted by Gasteiger charge is -2.16. The first-order valence-corrected chi connectivity index (χ1v) is 9.95. The van der Waals surface area contributed by atoms with E-state index in [1.807, 2.05) is 6.92 Å². The minimum Gasteiger partial charge on any atom is -0.489 e. The van der Waals surface area contributed by atoms with Gasteiger partial charge in [0.25, 0.3) is 0 Å². The van der Waals surface area contributed by atoms with Crippen LogP contribution in [-0.4, -0.2) is 22.7 Å². The third-order valence-corrected chi connectivity index (χ3v) is 4.81. The minimum atomic E-state index is -0.919. The van der Waals surface area contributed by atoms with Gasteiger partial charge in [-0.25, -0.2) is 9.37 Å². The first kappa shape index (κ1) is 22.2. The smallest absolute Gasteiger partial charge is 0.306 e. The normalized spacial score (nSPS) is 11.8. The molecule has 1 atom stereocenters. The Hall–Kier alpha value is -3.45. The number of aliphatic carboxylic acids is 1. The summed E-state index contributed by atoms with van der Waals surface area (Å²) in [6.07, 6.45) is -0.612. The number of aryl methyl sites for hydroxylation is 1. The lowest BCUT2D eigenvalue weighted by atomic mass is 10.0. The van der Waals surface area contributed by atoms with Crippen molar-refractivity contribution in [3.63, 3.8) is 0 Å². The van der Waals surface area contributed by atoms with E-state index in [1.54, 1.807) is 55.5 Å². The highest BCUT2D eigenvalue weighted by Crippen LogP contribution is 2.28. The molecule has 0 aliphatic heterocycles. The van der Waals surface area contributed by atoms with Gasteiger partial charge in [0, 0.05) is 23.4 Å². The molecule has 0 aliphatic carbocycles. The number of halogens is 1. The molecule has 3 N–H and O–H groups in total. The quantitative estimate of drug-likeness (QED) is 0.507. The van der Waals surface area contributed by atoms with Gasteiger partial charge in [-0.15, -0.1) is 0 Å². The Balaban J connectivity index is 1.72. The molecule has 31 heavy (non-hydrogen) atoms. The molecule has 2 aromatic carbocycles. The molecule has 0 radical (unpaired) electrons. The van der Waals surface area contributed by atoms with Gasteiger partial charge in [0.2, 0.25) is 0 Å². The highest BCUT2D eigenvalue weighted by molar-refractivity contribution is 5.68. The second kappa shape index (κ2) is 10.0. The van der Waals surface area contributed by atoms with E-state index in [0.717, 1.165) is 11.1 Å². The summed E-state index contributed by atoms with van der Waals surface area (Å²) in [5.41, 5.74) is 9.03. The van der Waals surface area contributed by atoms with Crippen LogP contribution in [0.5, 0.6) is 5.75 Å². The summed E-state index contributed by atoms with van der Waals surface area (Å²) in [4.78, 5) is 15.2. The van der Waals surface area contributed by atoms with E-state index >= 15 is 0 Å². The molecule has 0 spiro atoms. The second-order valence-electron chi connectivity index (χ2n) is 7.08. The summed E-state index contributed by atoms with van der Waals surface area (Å²) in [5, 5.41) is 9.05.